The van der Waals surface area contributed by atoms with Crippen molar-refractivity contribution in [3.05, 3.63) is 23.0 Å². The normalized spacial score (nSPS) is 49.7. The van der Waals surface area contributed by atoms with E-state index in [-0.39, 0.29) is 35.6 Å². The first kappa shape index (κ1) is 48.1. The van der Waals surface area contributed by atoms with Crippen molar-refractivity contribution < 1.29 is 89.3 Å². The summed E-state index contributed by atoms with van der Waals surface area (Å²) in [5.74, 6) is 3.09. The lowest BCUT2D eigenvalue weighted by atomic mass is 9.47. The summed E-state index contributed by atoms with van der Waals surface area (Å²) in [7, 11) is 0. The van der Waals surface area contributed by atoms with E-state index in [4.69, 9.17) is 33.2 Å². The first-order chi connectivity index (χ1) is 29.9. The van der Waals surface area contributed by atoms with E-state index in [1.54, 1.807) is 0 Å². The maximum atomic E-state index is 11.0. The van der Waals surface area contributed by atoms with Gasteiger partial charge in [0.15, 0.2) is 18.9 Å². The van der Waals surface area contributed by atoms with Gasteiger partial charge in [0, 0.05) is 12.3 Å². The number of hydrogen-bond donors (Lipinski definition) is 11. The fourth-order valence-corrected chi connectivity index (χ4v) is 13.1. The molecular formula is C45H72O18. The second-order valence-corrected chi connectivity index (χ2v) is 20.5. The first-order valence-corrected chi connectivity index (χ1v) is 23.2. The molecule has 11 N–H and O–H groups in total. The zero-order valence-electron chi connectivity index (χ0n) is 36.7. The molecule has 0 bridgehead atoms. The van der Waals surface area contributed by atoms with Gasteiger partial charge in [0.2, 0.25) is 0 Å². The van der Waals surface area contributed by atoms with Crippen LogP contribution in [0.4, 0.5) is 0 Å². The Labute approximate surface area is 368 Å². The number of fused-ring (bicyclic) bond motifs is 7. The third kappa shape index (κ3) is 8.60. The largest absolute Gasteiger partial charge is 0.494 e. The Hall–Kier alpha value is -1.40. The van der Waals surface area contributed by atoms with Crippen LogP contribution in [-0.2, 0) is 33.2 Å². The van der Waals surface area contributed by atoms with E-state index >= 15 is 0 Å². The number of rotatable bonds is 15. The highest BCUT2D eigenvalue weighted by Crippen LogP contribution is 2.69. The van der Waals surface area contributed by atoms with E-state index in [0.29, 0.717) is 30.1 Å². The van der Waals surface area contributed by atoms with Gasteiger partial charge < -0.3 is 89.3 Å². The average Bonchev–Trinajstić information content (AvgIpc) is 3.95. The van der Waals surface area contributed by atoms with E-state index in [9.17, 15) is 56.2 Å². The van der Waals surface area contributed by atoms with Crippen LogP contribution in [0.25, 0.3) is 0 Å². The molecule has 9 unspecified atom stereocenters. The highest BCUT2D eigenvalue weighted by molar-refractivity contribution is 5.30. The molecular weight excluding hydrogens is 828 g/mol. The molecule has 8 aliphatic rings. The van der Waals surface area contributed by atoms with E-state index in [0.717, 1.165) is 57.1 Å². The lowest BCUT2D eigenvalue weighted by molar-refractivity contribution is -0.323. The molecule has 0 aromatic carbocycles. The van der Waals surface area contributed by atoms with Crippen molar-refractivity contribution in [1.29, 1.82) is 0 Å². The molecule has 0 aromatic rings. The summed E-state index contributed by atoms with van der Waals surface area (Å²) in [6.45, 7) is 7.50. The molecule has 0 aromatic heterocycles. The summed E-state index contributed by atoms with van der Waals surface area (Å²) in [6, 6.07) is 0. The van der Waals surface area contributed by atoms with Gasteiger partial charge in [0.05, 0.1) is 38.3 Å². The molecule has 0 spiro atoms. The van der Waals surface area contributed by atoms with E-state index in [1.165, 1.54) is 11.1 Å². The second-order valence-electron chi connectivity index (χ2n) is 20.5. The van der Waals surface area contributed by atoms with Crippen LogP contribution in [0.15, 0.2) is 23.0 Å². The van der Waals surface area contributed by atoms with Crippen LogP contribution >= 0.6 is 0 Å². The van der Waals surface area contributed by atoms with Gasteiger partial charge in [-0.05, 0) is 98.4 Å². The van der Waals surface area contributed by atoms with Crippen molar-refractivity contribution >= 4 is 0 Å². The SMILES string of the molecule is CC1=C(CC[C@@H](C)CO[C@@H]2O[C@H](C(O)CO)[C@H](O)[C@H]2O)OC2CC3C4CC=C5C[C@@H](O[C@@H]6O[C@@H](C(CO)O[C@@H]7O[C@H](CO)[C@@H](O)[C@H](O)[C@H]7O)[C@H](O)[C@H]6O)CCC5(C)C4CCC3(C)C12. The van der Waals surface area contributed by atoms with Crippen LogP contribution in [0, 0.1) is 40.4 Å². The van der Waals surface area contributed by atoms with Gasteiger partial charge >= 0.3 is 0 Å². The fraction of sp³-hybridized carbons (Fsp3) is 0.911. The van der Waals surface area contributed by atoms with Crippen LogP contribution in [0.5, 0.6) is 0 Å². The average molecular weight is 901 g/mol. The summed E-state index contributed by atoms with van der Waals surface area (Å²) >= 11 is 0. The van der Waals surface area contributed by atoms with Crippen LogP contribution < -0.4 is 0 Å². The smallest absolute Gasteiger partial charge is 0.187 e. The maximum Gasteiger partial charge on any atom is 0.187 e. The van der Waals surface area contributed by atoms with Crippen molar-refractivity contribution in [2.75, 3.05) is 26.4 Å². The maximum absolute atomic E-state index is 11.0. The lowest BCUT2D eigenvalue weighted by Crippen LogP contribution is -2.60. The molecule has 3 saturated heterocycles. The Morgan fingerprint density at radius 1 is 0.794 bits per heavy atom. The zero-order chi connectivity index (χ0) is 45.3. The number of aliphatic hydroxyl groups excluding tert-OH is 11. The molecule has 0 amide bonds. The predicted octanol–water partition coefficient (Wildman–Crippen LogP) is -0.910. The minimum atomic E-state index is -1.72. The standard InChI is InChI=1S/C45H72O18/c1-19(18-57-41-37(55)34(52)39(62-41)26(49)15-46)5-8-27-20(2)31-28(59-27)14-25-23-7-6-21-13-22(9-11-44(21,3)24(23)10-12-45(25,31)4)58-42-38(56)35(53)40(63-42)30(17-48)61-43-36(54)33(51)32(50)29(16-47)60-43/h6,19,22-26,28-43,46-56H,5,7-18H2,1-4H3/t19-,22+,23?,24?,25?,26?,28?,29-,30?,31?,32-,33+,34-,35-,36-,37-,38-,39-,40+,41-,42-,43+,44?,45?/m1/s1. The van der Waals surface area contributed by atoms with Crippen LogP contribution in [0.2, 0.25) is 0 Å². The van der Waals surface area contributed by atoms with Gasteiger partial charge in [0.1, 0.15) is 79.4 Å². The highest BCUT2D eigenvalue weighted by Gasteiger charge is 2.64. The molecule has 4 aliphatic carbocycles. The van der Waals surface area contributed by atoms with Gasteiger partial charge in [0.25, 0.3) is 0 Å². The highest BCUT2D eigenvalue weighted by atomic mass is 16.7. The molecule has 360 valence electrons. The molecule has 63 heavy (non-hydrogen) atoms. The third-order valence-electron chi connectivity index (χ3n) is 16.8. The third-order valence-corrected chi connectivity index (χ3v) is 16.8. The van der Waals surface area contributed by atoms with Gasteiger partial charge in [-0.15, -0.1) is 0 Å². The molecule has 18 heteroatoms. The summed E-state index contributed by atoms with van der Waals surface area (Å²) in [6.07, 6.45) is -10.4. The van der Waals surface area contributed by atoms with Gasteiger partial charge in [-0.25, -0.2) is 0 Å². The number of ether oxygens (including phenoxy) is 7. The molecule has 18 nitrogen and oxygen atoms in total. The van der Waals surface area contributed by atoms with Crippen LogP contribution in [0.3, 0.4) is 0 Å². The summed E-state index contributed by atoms with van der Waals surface area (Å²) < 4.78 is 41.6. The zero-order valence-corrected chi connectivity index (χ0v) is 36.7. The molecule has 6 fully saturated rings. The first-order valence-electron chi connectivity index (χ1n) is 23.2. The Kier molecular flexibility index (Phi) is 14.5. The molecule has 0 radical (unpaired) electrons. The van der Waals surface area contributed by atoms with Crippen molar-refractivity contribution in [1.82, 2.24) is 0 Å². The van der Waals surface area contributed by atoms with Crippen molar-refractivity contribution in [2.24, 2.45) is 40.4 Å². The molecule has 3 saturated carbocycles. The second kappa shape index (κ2) is 18.9. The minimum Gasteiger partial charge on any atom is -0.494 e. The van der Waals surface area contributed by atoms with Crippen molar-refractivity contribution in [3.63, 3.8) is 0 Å². The number of hydrogen-bond acceptors (Lipinski definition) is 18. The molecule has 4 aliphatic heterocycles. The van der Waals surface area contributed by atoms with E-state index < -0.39 is 112 Å². The van der Waals surface area contributed by atoms with Crippen molar-refractivity contribution in [3.8, 4) is 0 Å². The summed E-state index contributed by atoms with van der Waals surface area (Å²) in [5.41, 5.74) is 2.81. The van der Waals surface area contributed by atoms with Gasteiger partial charge in [-0.1, -0.05) is 32.4 Å². The fourth-order valence-electron chi connectivity index (χ4n) is 13.1. The Morgan fingerprint density at radius 3 is 2.21 bits per heavy atom. The lowest BCUT2D eigenvalue weighted by Gasteiger charge is -2.58. The topological polar surface area (TPSA) is 287 Å². The van der Waals surface area contributed by atoms with Crippen LogP contribution in [0.1, 0.15) is 85.5 Å². The van der Waals surface area contributed by atoms with Gasteiger partial charge in [-0.3, -0.25) is 0 Å². The summed E-state index contributed by atoms with van der Waals surface area (Å²) in [5, 5.41) is 112. The number of allylic oxidation sites excluding steroid dienone is 2. The minimum absolute atomic E-state index is 0.00738. The predicted molar refractivity (Wildman–Crippen MR) is 218 cm³/mol. The Bertz CT molecular complexity index is 1650. The molecule has 4 heterocycles. The Morgan fingerprint density at radius 2 is 1.49 bits per heavy atom. The molecule has 8 rings (SSSR count). The summed E-state index contributed by atoms with van der Waals surface area (Å²) in [4.78, 5) is 0. The number of aliphatic hydroxyl groups is 11. The quantitative estimate of drug-likeness (QED) is 0.0888. The van der Waals surface area contributed by atoms with Gasteiger partial charge in [-0.2, -0.15) is 0 Å². The van der Waals surface area contributed by atoms with Crippen LogP contribution in [-0.4, -0.2) is 187 Å². The Balaban J connectivity index is 0.847. The van der Waals surface area contributed by atoms with E-state index in [2.05, 4.69) is 33.8 Å². The monoisotopic (exact) mass is 900 g/mol. The van der Waals surface area contributed by atoms with Crippen molar-refractivity contribution in [2.45, 2.75) is 190 Å². The van der Waals surface area contributed by atoms with E-state index in [1.807, 2.05) is 0 Å². The molecule has 24 atom stereocenters.